The fraction of sp³-hybridized carbons (Fsp3) is 1.00. The van der Waals surface area contributed by atoms with Crippen LogP contribution >= 0.6 is 11.8 Å². The molecular formula is C12H32S. The maximum atomic E-state index is 2.21. The fourth-order valence-corrected chi connectivity index (χ4v) is 0.354. The third kappa shape index (κ3) is 118. The topological polar surface area (TPSA) is 0 Å². The lowest BCUT2D eigenvalue weighted by Crippen LogP contribution is -1.59. The highest BCUT2D eigenvalue weighted by molar-refractivity contribution is 7.98. The van der Waals surface area contributed by atoms with Crippen LogP contribution in [-0.2, 0) is 0 Å². The Labute approximate surface area is 91.9 Å². The normalized spacial score (nSPS) is 6.46. The van der Waals surface area contributed by atoms with Crippen LogP contribution in [0.25, 0.3) is 0 Å². The molecular weight excluding hydrogens is 176 g/mol. The summed E-state index contributed by atoms with van der Waals surface area (Å²) in [5, 5.41) is 0. The van der Waals surface area contributed by atoms with Crippen LogP contribution in [0.15, 0.2) is 0 Å². The van der Waals surface area contributed by atoms with E-state index in [0.29, 0.717) is 0 Å². The van der Waals surface area contributed by atoms with Gasteiger partial charge in [-0.1, -0.05) is 67.7 Å². The number of thioether (sulfide) groups is 1. The molecule has 0 aliphatic carbocycles. The van der Waals surface area contributed by atoms with Gasteiger partial charge < -0.3 is 0 Å². The number of unbranched alkanes of at least 4 members (excludes halogenated alkanes) is 2. The molecule has 0 N–H and O–H groups in total. The Kier molecular flexibility index (Phi) is 99.6. The van der Waals surface area contributed by atoms with E-state index in [0.717, 1.165) is 0 Å². The Balaban J connectivity index is -0.0000000457. The molecule has 86 valence electrons. The minimum Gasteiger partial charge on any atom is -0.166 e. The molecule has 0 nitrogen and oxygen atoms in total. The van der Waals surface area contributed by atoms with Crippen molar-refractivity contribution in [2.75, 3.05) is 12.0 Å². The molecule has 0 bridgehead atoms. The average Bonchev–Trinajstić information content (AvgIpc) is 2.25. The van der Waals surface area contributed by atoms with Gasteiger partial charge in [0.1, 0.15) is 0 Å². The molecule has 0 saturated carbocycles. The molecule has 13 heavy (non-hydrogen) atoms. The van der Waals surface area contributed by atoms with Gasteiger partial charge >= 0.3 is 0 Å². The number of hydrogen-bond acceptors (Lipinski definition) is 1. The zero-order valence-corrected chi connectivity index (χ0v) is 12.1. The maximum Gasteiger partial charge on any atom is -0.00988 e. The van der Waals surface area contributed by atoms with Gasteiger partial charge in [-0.25, -0.2) is 0 Å². The van der Waals surface area contributed by atoms with Gasteiger partial charge in [-0.3, -0.25) is 0 Å². The van der Waals surface area contributed by atoms with Crippen LogP contribution in [0, 0.1) is 0 Å². The number of rotatable bonds is 3. The molecule has 0 fully saturated rings. The van der Waals surface area contributed by atoms with Crippen molar-refractivity contribution in [1.82, 2.24) is 0 Å². The maximum absolute atomic E-state index is 2.21. The zero-order chi connectivity index (χ0) is 11.5. The van der Waals surface area contributed by atoms with Crippen LogP contribution in [0.3, 0.4) is 0 Å². The Hall–Kier alpha value is 0.350. The second kappa shape index (κ2) is 55.6. The van der Waals surface area contributed by atoms with E-state index < -0.39 is 0 Å². The molecule has 0 aromatic rings. The van der Waals surface area contributed by atoms with Crippen molar-refractivity contribution in [3.63, 3.8) is 0 Å². The highest BCUT2D eigenvalue weighted by Crippen LogP contribution is 1.88. The monoisotopic (exact) mass is 208 g/mol. The van der Waals surface area contributed by atoms with E-state index in [4.69, 9.17) is 0 Å². The van der Waals surface area contributed by atoms with E-state index in [2.05, 4.69) is 27.0 Å². The molecule has 0 aromatic heterocycles. The summed E-state index contributed by atoms with van der Waals surface area (Å²) < 4.78 is 0. The lowest BCUT2D eigenvalue weighted by atomic mass is 10.3. The van der Waals surface area contributed by atoms with Gasteiger partial charge in [-0.05, 0) is 12.0 Å². The van der Waals surface area contributed by atoms with Crippen LogP contribution in [0.5, 0.6) is 0 Å². The SMILES string of the molecule is CC.CC.CCCCC.CCSC. The first-order chi connectivity index (χ1) is 6.33. The Bertz CT molecular complexity index is 24.3. The Morgan fingerprint density at radius 3 is 1.00 bits per heavy atom. The highest BCUT2D eigenvalue weighted by atomic mass is 32.2. The largest absolute Gasteiger partial charge is 0.166 e. The van der Waals surface area contributed by atoms with Crippen LogP contribution in [-0.4, -0.2) is 12.0 Å². The second-order valence-electron chi connectivity index (χ2n) is 1.93. The van der Waals surface area contributed by atoms with Crippen molar-refractivity contribution in [3.05, 3.63) is 0 Å². The van der Waals surface area contributed by atoms with Crippen molar-refractivity contribution in [3.8, 4) is 0 Å². The Morgan fingerprint density at radius 1 is 0.769 bits per heavy atom. The Morgan fingerprint density at radius 2 is 1.00 bits per heavy atom. The first-order valence-corrected chi connectivity index (χ1v) is 7.21. The second-order valence-corrected chi connectivity index (χ2v) is 3.09. The summed E-state index contributed by atoms with van der Waals surface area (Å²) in [6.45, 7) is 14.6. The van der Waals surface area contributed by atoms with Crippen LogP contribution in [0.2, 0.25) is 0 Å². The number of hydrogen-bond donors (Lipinski definition) is 0. The highest BCUT2D eigenvalue weighted by Gasteiger charge is 1.68. The first-order valence-electron chi connectivity index (χ1n) is 5.82. The third-order valence-electron chi connectivity index (χ3n) is 0.996. The van der Waals surface area contributed by atoms with Crippen molar-refractivity contribution in [2.45, 2.75) is 67.7 Å². The summed E-state index contributed by atoms with van der Waals surface area (Å²) in [6, 6.07) is 0. The molecule has 0 aliphatic heterocycles. The molecule has 0 amide bonds. The molecule has 0 unspecified atom stereocenters. The molecule has 0 aromatic carbocycles. The van der Waals surface area contributed by atoms with E-state index in [9.17, 15) is 0 Å². The van der Waals surface area contributed by atoms with E-state index in [1.165, 1.54) is 25.0 Å². The van der Waals surface area contributed by atoms with E-state index in [-0.39, 0.29) is 0 Å². The van der Waals surface area contributed by atoms with E-state index in [1.807, 2.05) is 39.5 Å². The standard InChI is InChI=1S/C5H12.C3H8S.2C2H6/c1-3-5-4-2;1-3-4-2;2*1-2/h3-5H2,1-2H3;3H2,1-2H3;2*1-2H3. The van der Waals surface area contributed by atoms with Crippen LogP contribution in [0.1, 0.15) is 67.7 Å². The smallest absolute Gasteiger partial charge is 0.00988 e. The predicted molar refractivity (Wildman–Crippen MR) is 72.0 cm³/mol. The first kappa shape index (κ1) is 23.3. The molecule has 0 saturated heterocycles. The average molecular weight is 208 g/mol. The lowest BCUT2D eigenvalue weighted by Gasteiger charge is -1.79. The molecule has 0 spiro atoms. The van der Waals surface area contributed by atoms with Gasteiger partial charge in [0.2, 0.25) is 0 Å². The summed E-state index contributed by atoms with van der Waals surface area (Å²) in [4.78, 5) is 0. The van der Waals surface area contributed by atoms with Crippen molar-refractivity contribution in [1.29, 1.82) is 0 Å². The lowest BCUT2D eigenvalue weighted by molar-refractivity contribution is 0.772. The molecule has 0 radical (unpaired) electrons. The summed E-state index contributed by atoms with van der Waals surface area (Å²) >= 11 is 1.86. The fourth-order valence-electron chi connectivity index (χ4n) is 0.354. The van der Waals surface area contributed by atoms with E-state index in [1.54, 1.807) is 0 Å². The third-order valence-corrected chi connectivity index (χ3v) is 1.57. The summed E-state index contributed by atoms with van der Waals surface area (Å²) in [5.41, 5.74) is 0. The molecule has 0 aliphatic rings. The summed E-state index contributed by atoms with van der Waals surface area (Å²) in [5.74, 6) is 1.24. The molecule has 0 heterocycles. The minimum atomic E-state index is 1.24. The zero-order valence-electron chi connectivity index (χ0n) is 11.2. The molecule has 0 rings (SSSR count). The van der Waals surface area contributed by atoms with Crippen molar-refractivity contribution < 1.29 is 0 Å². The molecule has 0 atom stereocenters. The van der Waals surface area contributed by atoms with Crippen LogP contribution in [0.4, 0.5) is 0 Å². The van der Waals surface area contributed by atoms with Gasteiger partial charge in [0.25, 0.3) is 0 Å². The minimum absolute atomic E-state index is 1.24. The van der Waals surface area contributed by atoms with Crippen molar-refractivity contribution in [2.24, 2.45) is 0 Å². The molecule has 1 heteroatoms. The quantitative estimate of drug-likeness (QED) is 0.580. The van der Waals surface area contributed by atoms with Crippen molar-refractivity contribution >= 4 is 11.8 Å². The van der Waals surface area contributed by atoms with Gasteiger partial charge in [0.05, 0.1) is 0 Å². The predicted octanol–water partition coefficient (Wildman–Crippen LogP) is 5.62. The van der Waals surface area contributed by atoms with Gasteiger partial charge in [0, 0.05) is 0 Å². The van der Waals surface area contributed by atoms with Crippen LogP contribution < -0.4 is 0 Å². The van der Waals surface area contributed by atoms with Gasteiger partial charge in [0.15, 0.2) is 0 Å². The van der Waals surface area contributed by atoms with Gasteiger partial charge in [-0.15, -0.1) is 0 Å². The van der Waals surface area contributed by atoms with E-state index >= 15 is 0 Å². The van der Waals surface area contributed by atoms with Gasteiger partial charge in [-0.2, -0.15) is 11.8 Å². The summed E-state index contributed by atoms with van der Waals surface area (Å²) in [7, 11) is 0. The summed E-state index contributed by atoms with van der Waals surface area (Å²) in [6.07, 6.45) is 6.17.